The van der Waals surface area contributed by atoms with Crippen LogP contribution in [0.2, 0.25) is 0 Å². The molecule has 6 heteroatoms. The van der Waals surface area contributed by atoms with Crippen molar-refractivity contribution >= 4 is 17.5 Å². The van der Waals surface area contributed by atoms with E-state index in [-0.39, 0.29) is 16.9 Å². The van der Waals surface area contributed by atoms with Gasteiger partial charge in [0.25, 0.3) is 5.56 Å². The number of anilines is 2. The lowest BCUT2D eigenvalue weighted by Crippen LogP contribution is -2.22. The summed E-state index contributed by atoms with van der Waals surface area (Å²) >= 11 is 0. The lowest BCUT2D eigenvalue weighted by Gasteiger charge is -2.09. The van der Waals surface area contributed by atoms with E-state index in [4.69, 9.17) is 5.11 Å². The first-order valence-electron chi connectivity index (χ1n) is 6.19. The fourth-order valence-electron chi connectivity index (χ4n) is 1.85. The highest BCUT2D eigenvalue weighted by Gasteiger charge is 2.09. The third kappa shape index (κ3) is 2.69. The van der Waals surface area contributed by atoms with E-state index in [0.717, 1.165) is 0 Å². The summed E-state index contributed by atoms with van der Waals surface area (Å²) in [6.07, 6.45) is 3.13. The van der Waals surface area contributed by atoms with Crippen LogP contribution in [0.5, 0.6) is 0 Å². The standard InChI is InChI=1S/C14H15N3O3/c1-3-17-7-6-15-12(13(17)18)16-10-5-4-9(2)11(8-10)14(19)20/h4-8H,3H2,1-2H3,(H,15,16)(H,19,20). The van der Waals surface area contributed by atoms with Crippen LogP contribution in [0, 0.1) is 6.92 Å². The second kappa shape index (κ2) is 5.56. The number of carboxylic acids is 1. The molecule has 1 aromatic heterocycles. The number of benzene rings is 1. The van der Waals surface area contributed by atoms with E-state index >= 15 is 0 Å². The second-order valence-corrected chi connectivity index (χ2v) is 4.33. The van der Waals surface area contributed by atoms with Gasteiger partial charge < -0.3 is 15.0 Å². The molecule has 0 atom stereocenters. The summed E-state index contributed by atoms with van der Waals surface area (Å²) in [6.45, 7) is 4.13. The number of hydrogen-bond donors (Lipinski definition) is 2. The van der Waals surface area contributed by atoms with Crippen molar-refractivity contribution in [3.05, 3.63) is 52.1 Å². The largest absolute Gasteiger partial charge is 0.478 e. The van der Waals surface area contributed by atoms with Gasteiger partial charge in [0.15, 0.2) is 5.82 Å². The fourth-order valence-corrected chi connectivity index (χ4v) is 1.85. The van der Waals surface area contributed by atoms with E-state index in [9.17, 15) is 9.59 Å². The topological polar surface area (TPSA) is 84.2 Å². The maximum atomic E-state index is 12.0. The van der Waals surface area contributed by atoms with Gasteiger partial charge >= 0.3 is 5.97 Å². The fraction of sp³-hybridized carbons (Fsp3) is 0.214. The Bertz CT molecular complexity index is 707. The molecule has 0 saturated heterocycles. The minimum absolute atomic E-state index is 0.176. The Balaban J connectivity index is 2.38. The molecule has 0 bridgehead atoms. The van der Waals surface area contributed by atoms with E-state index in [2.05, 4.69) is 10.3 Å². The van der Waals surface area contributed by atoms with Crippen LogP contribution in [0.25, 0.3) is 0 Å². The van der Waals surface area contributed by atoms with Crippen LogP contribution < -0.4 is 10.9 Å². The molecular formula is C14H15N3O3. The van der Waals surface area contributed by atoms with Crippen LogP contribution in [0.15, 0.2) is 35.4 Å². The van der Waals surface area contributed by atoms with Gasteiger partial charge in [-0.25, -0.2) is 9.78 Å². The van der Waals surface area contributed by atoms with Crippen molar-refractivity contribution < 1.29 is 9.90 Å². The molecular weight excluding hydrogens is 258 g/mol. The summed E-state index contributed by atoms with van der Waals surface area (Å²) in [7, 11) is 0. The molecule has 0 aliphatic carbocycles. The van der Waals surface area contributed by atoms with Crippen LogP contribution in [-0.4, -0.2) is 20.6 Å². The first kappa shape index (κ1) is 13.8. The number of rotatable bonds is 4. The lowest BCUT2D eigenvalue weighted by molar-refractivity contribution is 0.0696. The number of aromatic nitrogens is 2. The predicted octanol–water partition coefficient (Wildman–Crippen LogP) is 2.01. The van der Waals surface area contributed by atoms with E-state index in [1.807, 2.05) is 6.92 Å². The Hall–Kier alpha value is -2.63. The van der Waals surface area contributed by atoms with Crippen LogP contribution in [0.4, 0.5) is 11.5 Å². The number of nitrogens with zero attached hydrogens (tertiary/aromatic N) is 2. The van der Waals surface area contributed by atoms with Gasteiger partial charge in [0, 0.05) is 24.6 Å². The molecule has 0 unspecified atom stereocenters. The van der Waals surface area contributed by atoms with Gasteiger partial charge in [-0.1, -0.05) is 6.07 Å². The molecule has 1 aromatic carbocycles. The Morgan fingerprint density at radius 1 is 1.45 bits per heavy atom. The molecule has 2 N–H and O–H groups in total. The van der Waals surface area contributed by atoms with Crippen molar-refractivity contribution in [3.63, 3.8) is 0 Å². The van der Waals surface area contributed by atoms with E-state index in [1.165, 1.54) is 16.8 Å². The number of carboxylic acid groups (broad SMARTS) is 1. The van der Waals surface area contributed by atoms with Crippen LogP contribution in [0.3, 0.4) is 0 Å². The number of nitrogens with one attached hydrogen (secondary N) is 1. The quantitative estimate of drug-likeness (QED) is 0.890. The Morgan fingerprint density at radius 3 is 2.85 bits per heavy atom. The third-order valence-electron chi connectivity index (χ3n) is 2.99. The first-order chi connectivity index (χ1) is 9.52. The summed E-state index contributed by atoms with van der Waals surface area (Å²) in [5.41, 5.74) is 1.13. The molecule has 0 fully saturated rings. The third-order valence-corrected chi connectivity index (χ3v) is 2.99. The number of aromatic carboxylic acids is 1. The van der Waals surface area contributed by atoms with Crippen molar-refractivity contribution in [3.8, 4) is 0 Å². The average Bonchev–Trinajstić information content (AvgIpc) is 2.43. The van der Waals surface area contributed by atoms with Gasteiger partial charge in [0.2, 0.25) is 0 Å². The van der Waals surface area contributed by atoms with Gasteiger partial charge in [0.1, 0.15) is 0 Å². The molecule has 2 rings (SSSR count). The van der Waals surface area contributed by atoms with Gasteiger partial charge in [-0.3, -0.25) is 4.79 Å². The molecule has 0 amide bonds. The molecule has 0 radical (unpaired) electrons. The molecule has 104 valence electrons. The van der Waals surface area contributed by atoms with Crippen LogP contribution in [-0.2, 0) is 6.54 Å². The highest BCUT2D eigenvalue weighted by molar-refractivity contribution is 5.90. The number of carbonyl (C=O) groups is 1. The molecule has 0 aliphatic rings. The van der Waals surface area contributed by atoms with Crippen LogP contribution >= 0.6 is 0 Å². The SMILES string of the molecule is CCn1ccnc(Nc2ccc(C)c(C(=O)O)c2)c1=O. The first-order valence-corrected chi connectivity index (χ1v) is 6.19. The Kier molecular flexibility index (Phi) is 3.84. The van der Waals surface area contributed by atoms with Gasteiger partial charge in [-0.15, -0.1) is 0 Å². The molecule has 1 heterocycles. The molecule has 6 nitrogen and oxygen atoms in total. The minimum atomic E-state index is -1.00. The molecule has 0 spiro atoms. The maximum Gasteiger partial charge on any atom is 0.336 e. The van der Waals surface area contributed by atoms with Crippen LogP contribution in [0.1, 0.15) is 22.8 Å². The zero-order chi connectivity index (χ0) is 14.7. The van der Waals surface area contributed by atoms with Crippen molar-refractivity contribution in [1.82, 2.24) is 9.55 Å². The van der Waals surface area contributed by atoms with Crippen molar-refractivity contribution in [2.45, 2.75) is 20.4 Å². The molecule has 2 aromatic rings. The predicted molar refractivity (Wildman–Crippen MR) is 75.6 cm³/mol. The summed E-state index contributed by atoms with van der Waals surface area (Å²) in [4.78, 5) is 27.1. The highest BCUT2D eigenvalue weighted by Crippen LogP contribution is 2.17. The summed E-state index contributed by atoms with van der Waals surface area (Å²) in [5.74, 6) is -0.826. The lowest BCUT2D eigenvalue weighted by atomic mass is 10.1. The zero-order valence-electron chi connectivity index (χ0n) is 11.3. The smallest absolute Gasteiger partial charge is 0.336 e. The Morgan fingerprint density at radius 2 is 2.20 bits per heavy atom. The summed E-state index contributed by atoms with van der Waals surface area (Å²) in [6, 6.07) is 4.89. The van der Waals surface area contributed by atoms with E-state index in [1.54, 1.807) is 25.3 Å². The van der Waals surface area contributed by atoms with Gasteiger partial charge in [-0.2, -0.15) is 0 Å². The number of hydrogen-bond acceptors (Lipinski definition) is 4. The summed E-state index contributed by atoms with van der Waals surface area (Å²) < 4.78 is 1.52. The zero-order valence-corrected chi connectivity index (χ0v) is 11.3. The van der Waals surface area contributed by atoms with Gasteiger partial charge in [-0.05, 0) is 31.5 Å². The monoisotopic (exact) mass is 273 g/mol. The van der Waals surface area contributed by atoms with Gasteiger partial charge in [0.05, 0.1) is 5.56 Å². The average molecular weight is 273 g/mol. The molecule has 0 aliphatic heterocycles. The minimum Gasteiger partial charge on any atom is -0.478 e. The Labute approximate surface area is 115 Å². The number of aryl methyl sites for hydroxylation is 2. The van der Waals surface area contributed by atoms with Crippen molar-refractivity contribution in [2.24, 2.45) is 0 Å². The summed E-state index contributed by atoms with van der Waals surface area (Å²) in [5, 5.41) is 11.9. The highest BCUT2D eigenvalue weighted by atomic mass is 16.4. The molecule has 0 saturated carbocycles. The van der Waals surface area contributed by atoms with E-state index in [0.29, 0.717) is 17.8 Å². The maximum absolute atomic E-state index is 12.0. The second-order valence-electron chi connectivity index (χ2n) is 4.33. The van der Waals surface area contributed by atoms with Crippen molar-refractivity contribution in [1.29, 1.82) is 0 Å². The van der Waals surface area contributed by atoms with E-state index < -0.39 is 5.97 Å². The van der Waals surface area contributed by atoms with Crippen molar-refractivity contribution in [2.75, 3.05) is 5.32 Å². The molecule has 20 heavy (non-hydrogen) atoms. The normalized spacial score (nSPS) is 10.3.